The van der Waals surface area contributed by atoms with Gasteiger partial charge in [-0.2, -0.15) is 0 Å². The summed E-state index contributed by atoms with van der Waals surface area (Å²) in [6.45, 7) is 7.44. The highest BCUT2D eigenvalue weighted by atomic mass is 16.6. The molecule has 27 heavy (non-hydrogen) atoms. The lowest BCUT2D eigenvalue weighted by Gasteiger charge is -2.26. The average Bonchev–Trinajstić information content (AvgIpc) is 3.53. The lowest BCUT2D eigenvalue weighted by molar-refractivity contribution is 0.263. The van der Waals surface area contributed by atoms with Gasteiger partial charge in [-0.3, -0.25) is 0 Å². The molecule has 3 aliphatic rings. The molecular formula is C22H33NO4. The summed E-state index contributed by atoms with van der Waals surface area (Å²) in [5.41, 5.74) is 2.72. The largest absolute Gasteiger partial charge is 0.491 e. The van der Waals surface area contributed by atoms with E-state index in [0.29, 0.717) is 18.8 Å². The highest BCUT2D eigenvalue weighted by Crippen LogP contribution is 2.31. The van der Waals surface area contributed by atoms with E-state index in [4.69, 9.17) is 18.9 Å². The maximum Gasteiger partial charge on any atom is 0.119 e. The smallest absolute Gasteiger partial charge is 0.119 e. The van der Waals surface area contributed by atoms with E-state index in [9.17, 15) is 0 Å². The van der Waals surface area contributed by atoms with Crippen molar-refractivity contribution in [2.45, 2.75) is 63.8 Å². The maximum atomic E-state index is 5.94. The molecule has 0 spiro atoms. The Morgan fingerprint density at radius 2 is 1.59 bits per heavy atom. The van der Waals surface area contributed by atoms with Crippen LogP contribution in [0, 0.1) is 0 Å². The first-order valence-electron chi connectivity index (χ1n) is 10.7. The minimum absolute atomic E-state index is 0.290. The molecule has 3 atom stereocenters. The Kier molecular flexibility index (Phi) is 6.53. The third-order valence-electron chi connectivity index (χ3n) is 5.43. The summed E-state index contributed by atoms with van der Waals surface area (Å²) in [5, 5.41) is 0. The van der Waals surface area contributed by atoms with Gasteiger partial charge in [-0.25, -0.2) is 0 Å². The SMILES string of the molecule is CCCCCCCc1cc(OCC2CO2)ccc1N(CC1CO1)CC1CO1. The Morgan fingerprint density at radius 1 is 0.926 bits per heavy atom. The number of nitrogens with zero attached hydrogens (tertiary/aromatic N) is 1. The van der Waals surface area contributed by atoms with Gasteiger partial charge in [-0.1, -0.05) is 32.6 Å². The molecule has 1 aromatic carbocycles. The van der Waals surface area contributed by atoms with Crippen LogP contribution in [0.4, 0.5) is 5.69 Å². The monoisotopic (exact) mass is 375 g/mol. The molecule has 3 saturated heterocycles. The molecule has 0 N–H and O–H groups in total. The molecule has 3 aliphatic heterocycles. The first kappa shape index (κ1) is 19.0. The van der Waals surface area contributed by atoms with Gasteiger partial charge in [0, 0.05) is 18.8 Å². The van der Waals surface area contributed by atoms with Gasteiger partial charge in [0.2, 0.25) is 0 Å². The molecule has 0 aliphatic carbocycles. The first-order valence-corrected chi connectivity index (χ1v) is 10.7. The van der Waals surface area contributed by atoms with E-state index < -0.39 is 0 Å². The van der Waals surface area contributed by atoms with Crippen molar-refractivity contribution in [1.29, 1.82) is 0 Å². The van der Waals surface area contributed by atoms with Gasteiger partial charge in [0.15, 0.2) is 0 Å². The molecule has 0 saturated carbocycles. The van der Waals surface area contributed by atoms with E-state index in [1.54, 1.807) is 0 Å². The second-order valence-electron chi connectivity index (χ2n) is 8.04. The van der Waals surface area contributed by atoms with Crippen LogP contribution in [-0.4, -0.2) is 57.8 Å². The van der Waals surface area contributed by atoms with Gasteiger partial charge in [-0.05, 0) is 36.6 Å². The summed E-state index contributed by atoms with van der Waals surface area (Å²) in [6, 6.07) is 6.58. The zero-order valence-corrected chi connectivity index (χ0v) is 16.5. The molecular weight excluding hydrogens is 342 g/mol. The number of aryl methyl sites for hydroxylation is 1. The number of hydrogen-bond donors (Lipinski definition) is 0. The van der Waals surface area contributed by atoms with Gasteiger partial charge >= 0.3 is 0 Å². The predicted octanol–water partition coefficient (Wildman–Crippen LogP) is 3.58. The first-order chi connectivity index (χ1) is 13.3. The molecule has 150 valence electrons. The van der Waals surface area contributed by atoms with E-state index in [2.05, 4.69) is 30.0 Å². The fraction of sp³-hybridized carbons (Fsp3) is 0.727. The number of hydrogen-bond acceptors (Lipinski definition) is 5. The molecule has 0 bridgehead atoms. The third kappa shape index (κ3) is 6.37. The zero-order chi connectivity index (χ0) is 18.5. The second-order valence-corrected chi connectivity index (χ2v) is 8.04. The summed E-state index contributed by atoms with van der Waals surface area (Å²) < 4.78 is 22.2. The fourth-order valence-corrected chi connectivity index (χ4v) is 3.54. The lowest BCUT2D eigenvalue weighted by Crippen LogP contribution is -2.32. The van der Waals surface area contributed by atoms with Gasteiger partial charge in [0.05, 0.1) is 32.0 Å². The molecule has 0 amide bonds. The zero-order valence-electron chi connectivity index (χ0n) is 16.5. The number of anilines is 1. The molecule has 5 nitrogen and oxygen atoms in total. The van der Waals surface area contributed by atoms with Gasteiger partial charge in [0.25, 0.3) is 0 Å². The standard InChI is InChI=1S/C22H33NO4/c1-2-3-4-5-6-7-17-10-18(24-15-21-16-27-21)8-9-22(17)23(11-19-13-25-19)12-20-14-26-20/h8-10,19-21H,2-7,11-16H2,1H3. The Bertz CT molecular complexity index is 582. The average molecular weight is 376 g/mol. The highest BCUT2D eigenvalue weighted by molar-refractivity contribution is 5.57. The number of unbranched alkanes of at least 4 members (excludes halogenated alkanes) is 4. The van der Waals surface area contributed by atoms with Gasteiger partial charge in [-0.15, -0.1) is 0 Å². The van der Waals surface area contributed by atoms with Crippen molar-refractivity contribution in [3.63, 3.8) is 0 Å². The van der Waals surface area contributed by atoms with Crippen LogP contribution in [0.3, 0.4) is 0 Å². The topological polar surface area (TPSA) is 50.1 Å². The Morgan fingerprint density at radius 3 is 2.22 bits per heavy atom. The van der Waals surface area contributed by atoms with Crippen LogP contribution in [-0.2, 0) is 20.6 Å². The fourth-order valence-electron chi connectivity index (χ4n) is 3.54. The van der Waals surface area contributed by atoms with E-state index in [-0.39, 0.29) is 6.10 Å². The van der Waals surface area contributed by atoms with Crippen molar-refractivity contribution in [2.24, 2.45) is 0 Å². The maximum absolute atomic E-state index is 5.94. The number of benzene rings is 1. The van der Waals surface area contributed by atoms with Crippen LogP contribution in [0.1, 0.15) is 44.6 Å². The van der Waals surface area contributed by atoms with Crippen molar-refractivity contribution in [3.05, 3.63) is 23.8 Å². The molecule has 3 unspecified atom stereocenters. The Balaban J connectivity index is 1.43. The molecule has 0 radical (unpaired) electrons. The number of rotatable bonds is 14. The molecule has 3 heterocycles. The minimum atomic E-state index is 0.290. The van der Waals surface area contributed by atoms with Crippen LogP contribution >= 0.6 is 0 Å². The summed E-state index contributed by atoms with van der Waals surface area (Å²) in [5.74, 6) is 0.961. The van der Waals surface area contributed by atoms with Crippen LogP contribution in [0.15, 0.2) is 18.2 Å². The number of epoxide rings is 3. The molecule has 1 aromatic rings. The van der Waals surface area contributed by atoms with E-state index in [0.717, 1.165) is 45.1 Å². The van der Waals surface area contributed by atoms with Crippen molar-refractivity contribution < 1.29 is 18.9 Å². The minimum Gasteiger partial charge on any atom is -0.491 e. The predicted molar refractivity (Wildman–Crippen MR) is 106 cm³/mol. The molecule has 5 heteroatoms. The summed E-state index contributed by atoms with van der Waals surface area (Å²) in [4.78, 5) is 2.46. The highest BCUT2D eigenvalue weighted by Gasteiger charge is 2.31. The van der Waals surface area contributed by atoms with E-state index in [1.165, 1.54) is 43.4 Å². The molecule has 0 aromatic heterocycles. The van der Waals surface area contributed by atoms with Gasteiger partial charge < -0.3 is 23.8 Å². The summed E-state index contributed by atoms with van der Waals surface area (Å²) in [6.07, 6.45) is 8.63. The second kappa shape index (κ2) is 9.26. The van der Waals surface area contributed by atoms with Gasteiger partial charge in [0.1, 0.15) is 18.5 Å². The lowest BCUT2D eigenvalue weighted by atomic mass is 10.0. The van der Waals surface area contributed by atoms with E-state index in [1.807, 2.05) is 0 Å². The third-order valence-corrected chi connectivity index (χ3v) is 5.43. The van der Waals surface area contributed by atoms with Crippen molar-refractivity contribution >= 4 is 5.69 Å². The van der Waals surface area contributed by atoms with Crippen molar-refractivity contribution in [1.82, 2.24) is 0 Å². The number of ether oxygens (including phenoxy) is 4. The van der Waals surface area contributed by atoms with Crippen LogP contribution in [0.5, 0.6) is 5.75 Å². The van der Waals surface area contributed by atoms with Crippen molar-refractivity contribution in [3.8, 4) is 5.75 Å². The van der Waals surface area contributed by atoms with Crippen LogP contribution in [0.2, 0.25) is 0 Å². The summed E-state index contributed by atoms with van der Waals surface area (Å²) >= 11 is 0. The quantitative estimate of drug-likeness (QED) is 0.367. The summed E-state index contributed by atoms with van der Waals surface area (Å²) in [7, 11) is 0. The normalized spacial score (nSPS) is 25.3. The van der Waals surface area contributed by atoms with E-state index >= 15 is 0 Å². The molecule has 4 rings (SSSR count). The van der Waals surface area contributed by atoms with Crippen molar-refractivity contribution in [2.75, 3.05) is 44.4 Å². The van der Waals surface area contributed by atoms with Crippen LogP contribution in [0.25, 0.3) is 0 Å². The molecule has 3 fully saturated rings. The Hall–Kier alpha value is -1.30. The van der Waals surface area contributed by atoms with Crippen LogP contribution < -0.4 is 9.64 Å². The Labute approximate surface area is 162 Å².